The quantitative estimate of drug-likeness (QED) is 0.601. The van der Waals surface area contributed by atoms with Crippen molar-refractivity contribution in [3.05, 3.63) is 56.6 Å². The van der Waals surface area contributed by atoms with Gasteiger partial charge in [0.1, 0.15) is 0 Å². The van der Waals surface area contributed by atoms with E-state index in [9.17, 15) is 9.59 Å². The van der Waals surface area contributed by atoms with Crippen LogP contribution in [-0.4, -0.2) is 34.8 Å². The Kier molecular flexibility index (Phi) is 6.01. The van der Waals surface area contributed by atoms with E-state index in [1.807, 2.05) is 27.8 Å². The number of nitrogens with one attached hydrogen (secondary N) is 1. The lowest BCUT2D eigenvalue weighted by Gasteiger charge is -2.30. The van der Waals surface area contributed by atoms with E-state index < -0.39 is 0 Å². The molecule has 1 N–H and O–H groups in total. The second kappa shape index (κ2) is 8.70. The summed E-state index contributed by atoms with van der Waals surface area (Å²) >= 11 is 2.92. The zero-order valence-electron chi connectivity index (χ0n) is 17.4. The minimum absolute atomic E-state index is 0.00327. The van der Waals surface area contributed by atoms with Gasteiger partial charge in [-0.2, -0.15) is 0 Å². The minimum Gasteiger partial charge on any atom is -0.338 e. The second-order valence-electron chi connectivity index (χ2n) is 7.84. The highest BCUT2D eigenvalue weighted by atomic mass is 32.1. The number of benzene rings is 1. The van der Waals surface area contributed by atoms with E-state index in [2.05, 4.69) is 43.2 Å². The van der Waals surface area contributed by atoms with Crippen molar-refractivity contribution in [1.29, 1.82) is 0 Å². The fraction of sp³-hybridized carbons (Fsp3) is 0.348. The maximum absolute atomic E-state index is 12.8. The van der Waals surface area contributed by atoms with Crippen molar-refractivity contribution in [2.75, 3.05) is 18.4 Å². The third kappa shape index (κ3) is 4.32. The Bertz CT molecular complexity index is 1040. The van der Waals surface area contributed by atoms with Gasteiger partial charge in [0.05, 0.1) is 10.6 Å². The summed E-state index contributed by atoms with van der Waals surface area (Å²) in [4.78, 5) is 32.5. The average molecular weight is 440 g/mol. The number of carbonyl (C=O) groups is 2. The van der Waals surface area contributed by atoms with Gasteiger partial charge in [-0.1, -0.05) is 23.8 Å². The van der Waals surface area contributed by atoms with Crippen LogP contribution in [-0.2, 0) is 4.79 Å². The number of hydrogen-bond acceptors (Lipinski definition) is 5. The molecule has 1 aliphatic heterocycles. The Morgan fingerprint density at radius 1 is 1.10 bits per heavy atom. The molecule has 5 nitrogen and oxygen atoms in total. The van der Waals surface area contributed by atoms with Gasteiger partial charge in [-0.05, 0) is 56.2 Å². The van der Waals surface area contributed by atoms with E-state index in [1.54, 1.807) is 0 Å². The Morgan fingerprint density at radius 2 is 1.80 bits per heavy atom. The summed E-state index contributed by atoms with van der Waals surface area (Å²) in [5, 5.41) is 7.54. The van der Waals surface area contributed by atoms with Gasteiger partial charge in [0.25, 0.3) is 5.91 Å². The molecule has 1 fully saturated rings. The predicted molar refractivity (Wildman–Crippen MR) is 123 cm³/mol. The van der Waals surface area contributed by atoms with Crippen molar-refractivity contribution in [2.45, 2.75) is 33.6 Å². The van der Waals surface area contributed by atoms with Crippen molar-refractivity contribution < 1.29 is 9.59 Å². The summed E-state index contributed by atoms with van der Waals surface area (Å²) < 4.78 is 0. The maximum Gasteiger partial charge on any atom is 0.263 e. The third-order valence-electron chi connectivity index (χ3n) is 5.55. The molecule has 1 saturated heterocycles. The highest BCUT2D eigenvalue weighted by Crippen LogP contribution is 2.31. The van der Waals surface area contributed by atoms with Crippen molar-refractivity contribution in [3.63, 3.8) is 0 Å². The number of anilines is 1. The van der Waals surface area contributed by atoms with Crippen LogP contribution in [0.4, 0.5) is 5.13 Å². The normalized spacial score (nSPS) is 14.7. The van der Waals surface area contributed by atoms with Crippen LogP contribution in [0.5, 0.6) is 0 Å². The number of piperidine rings is 1. The number of aryl methyl sites for hydroxylation is 3. The van der Waals surface area contributed by atoms with Crippen molar-refractivity contribution >= 4 is 39.6 Å². The first-order valence-electron chi connectivity index (χ1n) is 10.1. The summed E-state index contributed by atoms with van der Waals surface area (Å²) in [7, 11) is 0. The Morgan fingerprint density at radius 3 is 2.43 bits per heavy atom. The smallest absolute Gasteiger partial charge is 0.263 e. The van der Waals surface area contributed by atoms with Crippen LogP contribution in [0.2, 0.25) is 0 Å². The molecule has 1 aromatic carbocycles. The SMILES string of the molecule is Cc1cc(C)c(-c2csc(NC(=O)C3CCN(C(=O)c4cccs4)CC3)n2)c(C)c1. The fourth-order valence-electron chi connectivity index (χ4n) is 4.14. The number of likely N-dealkylation sites (tertiary alicyclic amines) is 1. The monoisotopic (exact) mass is 439 g/mol. The molecule has 7 heteroatoms. The third-order valence-corrected chi connectivity index (χ3v) is 7.17. The molecule has 3 aromatic rings. The molecule has 0 unspecified atom stereocenters. The van der Waals surface area contributed by atoms with E-state index in [4.69, 9.17) is 0 Å². The number of amides is 2. The zero-order chi connectivity index (χ0) is 21.3. The highest BCUT2D eigenvalue weighted by molar-refractivity contribution is 7.14. The molecular formula is C23H25N3O2S2. The first kappa shape index (κ1) is 20.8. The van der Waals surface area contributed by atoms with Gasteiger partial charge < -0.3 is 10.2 Å². The van der Waals surface area contributed by atoms with E-state index >= 15 is 0 Å². The molecule has 0 bridgehead atoms. The average Bonchev–Trinajstić information content (AvgIpc) is 3.39. The molecule has 0 spiro atoms. The molecule has 2 aromatic heterocycles. The molecule has 0 radical (unpaired) electrons. The number of nitrogens with zero attached hydrogens (tertiary/aromatic N) is 2. The number of rotatable bonds is 4. The number of aromatic nitrogens is 1. The first-order valence-corrected chi connectivity index (χ1v) is 11.9. The van der Waals surface area contributed by atoms with Gasteiger partial charge in [-0.15, -0.1) is 22.7 Å². The molecule has 0 aliphatic carbocycles. The van der Waals surface area contributed by atoms with Gasteiger partial charge in [-0.3, -0.25) is 9.59 Å². The standard InChI is InChI=1S/C23H25N3O2S2/c1-14-11-15(2)20(16(3)12-14)18-13-30-23(24-18)25-21(27)17-6-8-26(9-7-17)22(28)19-5-4-10-29-19/h4-5,10-13,17H,6-9H2,1-3H3,(H,24,25,27). The van der Waals surface area contributed by atoms with Gasteiger partial charge in [-0.25, -0.2) is 4.98 Å². The van der Waals surface area contributed by atoms with Crippen molar-refractivity contribution in [1.82, 2.24) is 9.88 Å². The molecule has 2 amide bonds. The van der Waals surface area contributed by atoms with Gasteiger partial charge >= 0.3 is 0 Å². The summed E-state index contributed by atoms with van der Waals surface area (Å²) in [6.07, 6.45) is 1.36. The van der Waals surface area contributed by atoms with Crippen molar-refractivity contribution in [3.8, 4) is 11.3 Å². The van der Waals surface area contributed by atoms with Crippen LogP contribution >= 0.6 is 22.7 Å². The van der Waals surface area contributed by atoms with E-state index in [-0.39, 0.29) is 17.7 Å². The zero-order valence-corrected chi connectivity index (χ0v) is 19.0. The molecule has 30 heavy (non-hydrogen) atoms. The lowest BCUT2D eigenvalue weighted by Crippen LogP contribution is -2.41. The summed E-state index contributed by atoms with van der Waals surface area (Å²) in [6, 6.07) is 8.06. The van der Waals surface area contributed by atoms with Gasteiger partial charge in [0, 0.05) is 30.0 Å². The lowest BCUT2D eigenvalue weighted by molar-refractivity contribution is -0.121. The molecule has 156 valence electrons. The maximum atomic E-state index is 12.8. The second-order valence-corrected chi connectivity index (χ2v) is 9.65. The van der Waals surface area contributed by atoms with Crippen LogP contribution in [0, 0.1) is 26.7 Å². The highest BCUT2D eigenvalue weighted by Gasteiger charge is 2.28. The Balaban J connectivity index is 1.37. The fourth-order valence-corrected chi connectivity index (χ4v) is 5.53. The molecule has 4 rings (SSSR count). The predicted octanol–water partition coefficient (Wildman–Crippen LogP) is 5.29. The first-order chi connectivity index (χ1) is 14.4. The molecule has 0 atom stereocenters. The van der Waals surface area contributed by atoms with Crippen LogP contribution in [0.3, 0.4) is 0 Å². The van der Waals surface area contributed by atoms with Gasteiger partial charge in [0.15, 0.2) is 5.13 Å². The molecular weight excluding hydrogens is 414 g/mol. The van der Waals surface area contributed by atoms with Crippen LogP contribution < -0.4 is 5.32 Å². The van der Waals surface area contributed by atoms with E-state index in [0.29, 0.717) is 31.1 Å². The Hall–Kier alpha value is -2.51. The lowest BCUT2D eigenvalue weighted by atomic mass is 9.96. The number of carbonyl (C=O) groups excluding carboxylic acids is 2. The van der Waals surface area contributed by atoms with Crippen LogP contribution in [0.1, 0.15) is 39.2 Å². The minimum atomic E-state index is -0.0902. The molecule has 1 aliphatic rings. The van der Waals surface area contributed by atoms with Crippen molar-refractivity contribution in [2.24, 2.45) is 5.92 Å². The molecule has 3 heterocycles. The summed E-state index contributed by atoms with van der Waals surface area (Å²) in [6.45, 7) is 7.51. The number of thiophene rings is 1. The Labute approximate surface area is 184 Å². The summed E-state index contributed by atoms with van der Waals surface area (Å²) in [5.41, 5.74) is 5.66. The van der Waals surface area contributed by atoms with Crippen LogP contribution in [0.25, 0.3) is 11.3 Å². The topological polar surface area (TPSA) is 62.3 Å². The molecule has 0 saturated carbocycles. The summed E-state index contributed by atoms with van der Waals surface area (Å²) in [5.74, 6) is -0.0266. The largest absolute Gasteiger partial charge is 0.338 e. The van der Waals surface area contributed by atoms with Crippen LogP contribution in [0.15, 0.2) is 35.0 Å². The number of hydrogen-bond donors (Lipinski definition) is 1. The van der Waals surface area contributed by atoms with E-state index in [1.165, 1.54) is 39.4 Å². The number of thiazole rings is 1. The van der Waals surface area contributed by atoms with E-state index in [0.717, 1.165) is 16.1 Å². The van der Waals surface area contributed by atoms with Gasteiger partial charge in [0.2, 0.25) is 5.91 Å².